The maximum Gasteiger partial charge on any atom is 0.230 e. The van der Waals surface area contributed by atoms with Gasteiger partial charge in [-0.15, -0.1) is 24.2 Å². The number of hydrogen-bond donors (Lipinski definition) is 2. The van der Waals surface area contributed by atoms with Crippen molar-refractivity contribution in [2.75, 3.05) is 33.0 Å². The summed E-state index contributed by atoms with van der Waals surface area (Å²) in [5.74, 6) is 1.36. The highest BCUT2D eigenvalue weighted by atomic mass is 35.5. The largest absolute Gasteiger partial charge is 0.497 e. The molecule has 4 nitrogen and oxygen atoms in total. The Labute approximate surface area is 125 Å². The van der Waals surface area contributed by atoms with E-state index >= 15 is 0 Å². The fourth-order valence-corrected chi connectivity index (χ4v) is 2.09. The summed E-state index contributed by atoms with van der Waals surface area (Å²) in [7, 11) is 3.54. The third kappa shape index (κ3) is 7.97. The van der Waals surface area contributed by atoms with E-state index in [0.29, 0.717) is 5.75 Å². The predicted molar refractivity (Wildman–Crippen MR) is 82.5 cm³/mol. The maximum absolute atomic E-state index is 11.5. The summed E-state index contributed by atoms with van der Waals surface area (Å²) < 4.78 is 5.08. The van der Waals surface area contributed by atoms with Crippen LogP contribution in [0.15, 0.2) is 29.2 Å². The number of ether oxygens (including phenoxy) is 1. The molecule has 0 radical (unpaired) electrons. The minimum Gasteiger partial charge on any atom is -0.497 e. The van der Waals surface area contributed by atoms with E-state index in [1.54, 1.807) is 7.11 Å². The summed E-state index contributed by atoms with van der Waals surface area (Å²) in [5.41, 5.74) is 0. The van der Waals surface area contributed by atoms with Crippen LogP contribution in [0.2, 0.25) is 0 Å². The number of hydrogen-bond acceptors (Lipinski definition) is 4. The number of thioether (sulfide) groups is 1. The first-order valence-corrected chi connectivity index (χ1v) is 6.93. The fourth-order valence-electron chi connectivity index (χ4n) is 1.36. The van der Waals surface area contributed by atoms with Crippen LogP contribution in [0.4, 0.5) is 0 Å². The van der Waals surface area contributed by atoms with Crippen LogP contribution >= 0.6 is 24.2 Å². The van der Waals surface area contributed by atoms with Gasteiger partial charge in [0.15, 0.2) is 0 Å². The normalized spacial score (nSPS) is 9.58. The van der Waals surface area contributed by atoms with Gasteiger partial charge in [0.1, 0.15) is 5.75 Å². The van der Waals surface area contributed by atoms with Crippen LogP contribution < -0.4 is 15.4 Å². The van der Waals surface area contributed by atoms with Gasteiger partial charge < -0.3 is 15.4 Å². The molecular formula is C13H21ClN2O2S. The molecule has 0 saturated carbocycles. The van der Waals surface area contributed by atoms with Crippen LogP contribution in [0, 0.1) is 0 Å². The van der Waals surface area contributed by atoms with Gasteiger partial charge >= 0.3 is 0 Å². The predicted octanol–water partition coefficient (Wildman–Crippen LogP) is 1.93. The molecule has 108 valence electrons. The Balaban J connectivity index is 0.00000324. The number of rotatable bonds is 8. The second-order valence-electron chi connectivity index (χ2n) is 3.77. The van der Waals surface area contributed by atoms with Crippen molar-refractivity contribution < 1.29 is 9.53 Å². The molecular weight excluding hydrogens is 284 g/mol. The van der Waals surface area contributed by atoms with E-state index in [0.717, 1.165) is 30.2 Å². The third-order valence-electron chi connectivity index (χ3n) is 2.36. The Hall–Kier alpha value is -0.910. The van der Waals surface area contributed by atoms with Crippen LogP contribution in [0.1, 0.15) is 6.42 Å². The van der Waals surface area contributed by atoms with Crippen LogP contribution in [-0.2, 0) is 4.79 Å². The van der Waals surface area contributed by atoms with E-state index in [-0.39, 0.29) is 18.3 Å². The summed E-state index contributed by atoms with van der Waals surface area (Å²) >= 11 is 1.53. The first-order valence-electron chi connectivity index (χ1n) is 5.94. The van der Waals surface area contributed by atoms with Crippen molar-refractivity contribution in [2.45, 2.75) is 11.3 Å². The average Bonchev–Trinajstić information content (AvgIpc) is 2.42. The molecule has 0 aliphatic heterocycles. The number of methoxy groups -OCH3 is 1. The van der Waals surface area contributed by atoms with E-state index in [1.807, 2.05) is 31.3 Å². The topological polar surface area (TPSA) is 50.4 Å². The van der Waals surface area contributed by atoms with Crippen LogP contribution in [-0.4, -0.2) is 38.9 Å². The highest BCUT2D eigenvalue weighted by Crippen LogP contribution is 2.20. The third-order valence-corrected chi connectivity index (χ3v) is 3.37. The molecule has 6 heteroatoms. The molecule has 1 aromatic carbocycles. The lowest BCUT2D eigenvalue weighted by atomic mass is 10.3. The highest BCUT2D eigenvalue weighted by molar-refractivity contribution is 8.00. The fraction of sp³-hybridized carbons (Fsp3) is 0.462. The quantitative estimate of drug-likeness (QED) is 0.569. The summed E-state index contributed by atoms with van der Waals surface area (Å²) in [6.07, 6.45) is 0.954. The molecule has 1 rings (SSSR count). The molecule has 1 aromatic rings. The van der Waals surface area contributed by atoms with Crippen molar-refractivity contribution in [1.29, 1.82) is 0 Å². The van der Waals surface area contributed by atoms with Crippen LogP contribution in [0.25, 0.3) is 0 Å². The summed E-state index contributed by atoms with van der Waals surface area (Å²) in [5, 5.41) is 5.93. The van der Waals surface area contributed by atoms with Gasteiger partial charge in [0.05, 0.1) is 12.9 Å². The molecule has 0 unspecified atom stereocenters. The zero-order valence-corrected chi connectivity index (χ0v) is 12.9. The van der Waals surface area contributed by atoms with Gasteiger partial charge in [0, 0.05) is 11.4 Å². The Morgan fingerprint density at radius 1 is 1.26 bits per heavy atom. The molecule has 1 amide bonds. The van der Waals surface area contributed by atoms with E-state index in [1.165, 1.54) is 11.8 Å². The molecule has 0 fully saturated rings. The second-order valence-corrected chi connectivity index (χ2v) is 4.82. The van der Waals surface area contributed by atoms with Crippen molar-refractivity contribution in [3.63, 3.8) is 0 Å². The summed E-state index contributed by atoms with van der Waals surface area (Å²) in [4.78, 5) is 12.6. The van der Waals surface area contributed by atoms with E-state index in [9.17, 15) is 4.79 Å². The van der Waals surface area contributed by atoms with Gasteiger partial charge in [0.25, 0.3) is 0 Å². The molecule has 0 spiro atoms. The number of amides is 1. The van der Waals surface area contributed by atoms with Crippen molar-refractivity contribution in [3.8, 4) is 5.75 Å². The van der Waals surface area contributed by atoms with Crippen molar-refractivity contribution >= 4 is 30.1 Å². The molecule has 0 heterocycles. The Bertz CT molecular complexity index is 360. The zero-order valence-electron chi connectivity index (χ0n) is 11.3. The van der Waals surface area contributed by atoms with Gasteiger partial charge in [-0.3, -0.25) is 4.79 Å². The smallest absolute Gasteiger partial charge is 0.230 e. The van der Waals surface area contributed by atoms with Gasteiger partial charge in [-0.1, -0.05) is 0 Å². The van der Waals surface area contributed by atoms with Crippen molar-refractivity contribution in [3.05, 3.63) is 24.3 Å². The number of carbonyl (C=O) groups is 1. The van der Waals surface area contributed by atoms with Crippen molar-refractivity contribution in [2.24, 2.45) is 0 Å². The first kappa shape index (κ1) is 18.1. The zero-order chi connectivity index (χ0) is 13.2. The number of carbonyl (C=O) groups excluding carboxylic acids is 1. The van der Waals surface area contributed by atoms with Crippen molar-refractivity contribution in [1.82, 2.24) is 10.6 Å². The molecule has 2 N–H and O–H groups in total. The molecule has 19 heavy (non-hydrogen) atoms. The van der Waals surface area contributed by atoms with Crippen LogP contribution in [0.3, 0.4) is 0 Å². The van der Waals surface area contributed by atoms with Gasteiger partial charge in [0.2, 0.25) is 5.91 Å². The Morgan fingerprint density at radius 3 is 2.53 bits per heavy atom. The van der Waals surface area contributed by atoms with E-state index < -0.39 is 0 Å². The Kier molecular flexibility index (Phi) is 10.4. The van der Waals surface area contributed by atoms with E-state index in [2.05, 4.69) is 10.6 Å². The number of halogens is 1. The second kappa shape index (κ2) is 11.0. The maximum atomic E-state index is 11.5. The highest BCUT2D eigenvalue weighted by Gasteiger charge is 2.02. The monoisotopic (exact) mass is 304 g/mol. The minimum absolute atomic E-state index is 0. The summed E-state index contributed by atoms with van der Waals surface area (Å²) in [6.45, 7) is 1.65. The first-order chi connectivity index (χ1) is 8.76. The van der Waals surface area contributed by atoms with Gasteiger partial charge in [-0.25, -0.2) is 0 Å². The van der Waals surface area contributed by atoms with Gasteiger partial charge in [-0.05, 0) is 44.3 Å². The molecule has 0 aromatic heterocycles. The SMILES string of the molecule is CNCCCNC(=O)CSc1ccc(OC)cc1.Cl. The average molecular weight is 305 g/mol. The minimum atomic E-state index is 0. The molecule has 0 bridgehead atoms. The lowest BCUT2D eigenvalue weighted by Gasteiger charge is -2.05. The molecule has 0 aliphatic rings. The molecule has 0 saturated heterocycles. The lowest BCUT2D eigenvalue weighted by Crippen LogP contribution is -2.27. The number of benzene rings is 1. The lowest BCUT2D eigenvalue weighted by molar-refractivity contribution is -0.118. The Morgan fingerprint density at radius 2 is 1.95 bits per heavy atom. The van der Waals surface area contributed by atoms with Crippen LogP contribution in [0.5, 0.6) is 5.75 Å². The standard InChI is InChI=1S/C13H20N2O2S.ClH/c1-14-8-3-9-15-13(16)10-18-12-6-4-11(17-2)5-7-12;/h4-7,14H,3,8-10H2,1-2H3,(H,15,16);1H. The molecule has 0 aliphatic carbocycles. The molecule has 0 atom stereocenters. The summed E-state index contributed by atoms with van der Waals surface area (Å²) in [6, 6.07) is 7.70. The van der Waals surface area contributed by atoms with E-state index in [4.69, 9.17) is 4.74 Å². The van der Waals surface area contributed by atoms with Gasteiger partial charge in [-0.2, -0.15) is 0 Å². The number of nitrogens with one attached hydrogen (secondary N) is 2.